The van der Waals surface area contributed by atoms with Gasteiger partial charge in [0.2, 0.25) is 5.91 Å². The molecule has 0 saturated heterocycles. The smallest absolute Gasteiger partial charge is 0.240 e. The van der Waals surface area contributed by atoms with Crippen LogP contribution in [0.4, 0.5) is 0 Å². The van der Waals surface area contributed by atoms with E-state index in [0.29, 0.717) is 5.82 Å². The zero-order valence-corrected chi connectivity index (χ0v) is 12.7. The lowest BCUT2D eigenvalue weighted by Crippen LogP contribution is -2.33. The van der Waals surface area contributed by atoms with Gasteiger partial charge in [0.1, 0.15) is 12.2 Å². The van der Waals surface area contributed by atoms with Crippen LogP contribution in [0.15, 0.2) is 48.7 Å². The number of hydrogen-bond donors (Lipinski definition) is 1. The maximum absolute atomic E-state index is 12.2. The first kappa shape index (κ1) is 14.3. The Hall–Kier alpha value is -2.69. The van der Waals surface area contributed by atoms with Crippen LogP contribution in [-0.4, -0.2) is 26.5 Å². The minimum atomic E-state index is -0.0321. The summed E-state index contributed by atoms with van der Waals surface area (Å²) in [7, 11) is 0. The molecule has 0 aliphatic rings. The summed E-state index contributed by atoms with van der Waals surface area (Å²) in [6, 6.07) is 13.6. The fourth-order valence-electron chi connectivity index (χ4n) is 2.44. The molecule has 3 aromatic rings. The highest BCUT2D eigenvalue weighted by molar-refractivity contribution is 5.84. The summed E-state index contributed by atoms with van der Waals surface area (Å²) >= 11 is 0. The largest absolute Gasteiger partial charge is 0.352 e. The number of benzene rings is 1. The van der Waals surface area contributed by atoms with Crippen molar-refractivity contribution in [2.45, 2.75) is 26.4 Å². The second-order valence-corrected chi connectivity index (χ2v) is 5.45. The number of rotatable bonds is 4. The first-order valence-corrected chi connectivity index (χ1v) is 7.31. The Morgan fingerprint density at radius 2 is 1.95 bits per heavy atom. The molecular formula is C17H18N4O. The van der Waals surface area contributed by atoms with Crippen molar-refractivity contribution in [1.82, 2.24) is 19.9 Å². The fourth-order valence-corrected chi connectivity index (χ4v) is 2.44. The monoisotopic (exact) mass is 294 g/mol. The summed E-state index contributed by atoms with van der Waals surface area (Å²) in [5.74, 6) is 0.677. The van der Waals surface area contributed by atoms with Gasteiger partial charge in [0.25, 0.3) is 0 Å². The second-order valence-electron chi connectivity index (χ2n) is 5.45. The highest BCUT2D eigenvalue weighted by Crippen LogP contribution is 2.23. The van der Waals surface area contributed by atoms with Crippen LogP contribution in [0.25, 0.3) is 22.6 Å². The molecule has 0 radical (unpaired) electrons. The van der Waals surface area contributed by atoms with Gasteiger partial charge in [-0.1, -0.05) is 18.2 Å². The molecule has 0 atom stereocenters. The average Bonchev–Trinajstić information content (AvgIpc) is 2.86. The lowest BCUT2D eigenvalue weighted by molar-refractivity contribution is -0.122. The molecule has 1 N–H and O–H groups in total. The zero-order chi connectivity index (χ0) is 15.5. The van der Waals surface area contributed by atoms with Crippen LogP contribution in [0, 0.1) is 0 Å². The van der Waals surface area contributed by atoms with E-state index in [0.717, 1.165) is 16.7 Å². The van der Waals surface area contributed by atoms with E-state index in [1.165, 1.54) is 0 Å². The van der Waals surface area contributed by atoms with Crippen LogP contribution in [-0.2, 0) is 11.3 Å². The molecule has 0 aliphatic heterocycles. The molecule has 0 unspecified atom stereocenters. The molecule has 1 aromatic carbocycles. The minimum Gasteiger partial charge on any atom is -0.352 e. The van der Waals surface area contributed by atoms with Gasteiger partial charge in [0.15, 0.2) is 5.82 Å². The maximum atomic E-state index is 12.2. The van der Waals surface area contributed by atoms with Gasteiger partial charge in [-0.15, -0.1) is 0 Å². The van der Waals surface area contributed by atoms with E-state index in [1.54, 1.807) is 6.20 Å². The minimum absolute atomic E-state index is 0.0321. The van der Waals surface area contributed by atoms with Gasteiger partial charge in [0.05, 0.1) is 11.0 Å². The van der Waals surface area contributed by atoms with Crippen molar-refractivity contribution in [3.63, 3.8) is 0 Å². The molecule has 5 heteroatoms. The van der Waals surface area contributed by atoms with E-state index < -0.39 is 0 Å². The molecule has 2 heterocycles. The number of hydrogen-bond acceptors (Lipinski definition) is 3. The van der Waals surface area contributed by atoms with Crippen molar-refractivity contribution in [3.8, 4) is 11.5 Å². The highest BCUT2D eigenvalue weighted by Gasteiger charge is 2.15. The van der Waals surface area contributed by atoms with E-state index in [2.05, 4.69) is 15.3 Å². The third-order valence-electron chi connectivity index (χ3n) is 3.30. The number of carbonyl (C=O) groups is 1. The average molecular weight is 294 g/mol. The Bertz CT molecular complexity index is 793. The standard InChI is InChI=1S/C17H18N4O/c1-12(2)19-16(22)11-21-15-9-4-3-7-13(15)20-17(21)14-8-5-6-10-18-14/h3-10,12H,11H2,1-2H3,(H,19,22). The van der Waals surface area contributed by atoms with Crippen LogP contribution in [0.2, 0.25) is 0 Å². The van der Waals surface area contributed by atoms with Crippen molar-refractivity contribution in [3.05, 3.63) is 48.7 Å². The first-order valence-electron chi connectivity index (χ1n) is 7.31. The SMILES string of the molecule is CC(C)NC(=O)Cn1c(-c2ccccn2)nc2ccccc21. The Morgan fingerprint density at radius 3 is 2.68 bits per heavy atom. The summed E-state index contributed by atoms with van der Waals surface area (Å²) in [6.45, 7) is 4.12. The van der Waals surface area contributed by atoms with E-state index >= 15 is 0 Å². The molecule has 0 bridgehead atoms. The molecule has 0 fully saturated rings. The number of aromatic nitrogens is 3. The number of imidazole rings is 1. The van der Waals surface area contributed by atoms with E-state index in [-0.39, 0.29) is 18.5 Å². The molecule has 3 rings (SSSR count). The second kappa shape index (κ2) is 5.97. The van der Waals surface area contributed by atoms with Gasteiger partial charge in [-0.25, -0.2) is 4.98 Å². The Labute approximate surface area is 129 Å². The maximum Gasteiger partial charge on any atom is 0.240 e. The molecule has 22 heavy (non-hydrogen) atoms. The van der Waals surface area contributed by atoms with E-state index in [4.69, 9.17) is 0 Å². The number of amides is 1. The van der Waals surface area contributed by atoms with Crippen LogP contribution in [0.3, 0.4) is 0 Å². The van der Waals surface area contributed by atoms with Crippen molar-refractivity contribution in [2.24, 2.45) is 0 Å². The van der Waals surface area contributed by atoms with Crippen LogP contribution in [0.1, 0.15) is 13.8 Å². The van der Waals surface area contributed by atoms with E-state index in [1.807, 2.05) is 60.9 Å². The van der Waals surface area contributed by atoms with Gasteiger partial charge in [-0.05, 0) is 38.1 Å². The summed E-state index contributed by atoms with van der Waals surface area (Å²) in [5.41, 5.74) is 2.55. The van der Waals surface area contributed by atoms with Gasteiger partial charge in [-0.2, -0.15) is 0 Å². The number of nitrogens with zero attached hydrogens (tertiary/aromatic N) is 3. The van der Waals surface area contributed by atoms with Crippen LogP contribution < -0.4 is 5.32 Å². The topological polar surface area (TPSA) is 59.8 Å². The van der Waals surface area contributed by atoms with Gasteiger partial charge < -0.3 is 9.88 Å². The van der Waals surface area contributed by atoms with Crippen LogP contribution >= 0.6 is 0 Å². The van der Waals surface area contributed by atoms with E-state index in [9.17, 15) is 4.79 Å². The lowest BCUT2D eigenvalue weighted by atomic mass is 10.3. The molecule has 1 amide bonds. The van der Waals surface area contributed by atoms with Gasteiger partial charge >= 0.3 is 0 Å². The molecule has 0 aliphatic carbocycles. The summed E-state index contributed by atoms with van der Waals surface area (Å²) < 4.78 is 1.91. The van der Waals surface area contributed by atoms with Crippen molar-refractivity contribution in [2.75, 3.05) is 0 Å². The molecule has 5 nitrogen and oxygen atoms in total. The first-order chi connectivity index (χ1) is 10.6. The third kappa shape index (κ3) is 2.83. The van der Waals surface area contributed by atoms with Gasteiger partial charge in [0, 0.05) is 12.2 Å². The van der Waals surface area contributed by atoms with Gasteiger partial charge in [-0.3, -0.25) is 9.78 Å². The zero-order valence-electron chi connectivity index (χ0n) is 12.7. The Morgan fingerprint density at radius 1 is 1.18 bits per heavy atom. The third-order valence-corrected chi connectivity index (χ3v) is 3.30. The predicted molar refractivity (Wildman–Crippen MR) is 86.2 cm³/mol. The quantitative estimate of drug-likeness (QED) is 0.804. The molecule has 0 saturated carbocycles. The number of nitrogens with one attached hydrogen (secondary N) is 1. The Balaban J connectivity index is 2.08. The number of fused-ring (bicyclic) bond motifs is 1. The summed E-state index contributed by atoms with van der Waals surface area (Å²) in [4.78, 5) is 21.2. The summed E-state index contributed by atoms with van der Waals surface area (Å²) in [6.07, 6.45) is 1.73. The highest BCUT2D eigenvalue weighted by atomic mass is 16.2. The number of pyridine rings is 1. The normalized spacial score (nSPS) is 11.0. The Kier molecular flexibility index (Phi) is 3.87. The fraction of sp³-hybridized carbons (Fsp3) is 0.235. The number of carbonyl (C=O) groups excluding carboxylic acids is 1. The van der Waals surface area contributed by atoms with Crippen LogP contribution in [0.5, 0.6) is 0 Å². The van der Waals surface area contributed by atoms with Crippen molar-refractivity contribution < 1.29 is 4.79 Å². The molecule has 2 aromatic heterocycles. The predicted octanol–water partition coefficient (Wildman–Crippen LogP) is 2.62. The molecular weight excluding hydrogens is 276 g/mol. The van der Waals surface area contributed by atoms with Crippen molar-refractivity contribution in [1.29, 1.82) is 0 Å². The lowest BCUT2D eigenvalue weighted by Gasteiger charge is -2.11. The number of para-hydroxylation sites is 2. The molecule has 0 spiro atoms. The van der Waals surface area contributed by atoms with Crippen molar-refractivity contribution >= 4 is 16.9 Å². The molecule has 112 valence electrons. The summed E-state index contributed by atoms with van der Waals surface area (Å²) in [5, 5.41) is 2.92.